The Morgan fingerprint density at radius 2 is 2.38 bits per heavy atom. The summed E-state index contributed by atoms with van der Waals surface area (Å²) in [5, 5.41) is 2.96. The smallest absolute Gasteiger partial charge is 0.252 e. The van der Waals surface area contributed by atoms with Crippen molar-refractivity contribution in [2.45, 2.75) is 19.4 Å². The van der Waals surface area contributed by atoms with Gasteiger partial charge in [0.25, 0.3) is 5.91 Å². The second-order valence-corrected chi connectivity index (χ2v) is 4.87. The molecule has 1 atom stereocenters. The molecule has 16 heavy (non-hydrogen) atoms. The Balaban J connectivity index is 2.08. The quantitative estimate of drug-likeness (QED) is 0.904. The molecule has 1 heterocycles. The molecule has 1 aromatic carbocycles. The monoisotopic (exact) mass is 283 g/mol. The molecular weight excluding hydrogens is 270 g/mol. The van der Waals surface area contributed by atoms with Crippen LogP contribution in [0.4, 0.5) is 0 Å². The van der Waals surface area contributed by atoms with Gasteiger partial charge >= 0.3 is 0 Å². The fraction of sp³-hybridized carbons (Fsp3) is 0.417. The third kappa shape index (κ3) is 2.62. The summed E-state index contributed by atoms with van der Waals surface area (Å²) in [5.74, 6) is -0.0395. The van der Waals surface area contributed by atoms with Crippen molar-refractivity contribution in [2.24, 2.45) is 0 Å². The van der Waals surface area contributed by atoms with Crippen molar-refractivity contribution < 1.29 is 9.53 Å². The number of nitrogens with one attached hydrogen (secondary N) is 1. The molecule has 0 aliphatic carbocycles. The topological polar surface area (TPSA) is 38.3 Å². The first kappa shape index (κ1) is 11.6. The molecule has 1 N–H and O–H groups in total. The van der Waals surface area contributed by atoms with Crippen molar-refractivity contribution in [1.29, 1.82) is 0 Å². The zero-order valence-corrected chi connectivity index (χ0v) is 10.7. The van der Waals surface area contributed by atoms with Crippen molar-refractivity contribution in [2.75, 3.05) is 13.2 Å². The molecule has 1 aliphatic rings. The highest BCUT2D eigenvalue weighted by Gasteiger charge is 2.19. The van der Waals surface area contributed by atoms with Gasteiger partial charge in [0.15, 0.2) is 0 Å². The lowest BCUT2D eigenvalue weighted by Gasteiger charge is -2.11. The predicted molar refractivity (Wildman–Crippen MR) is 65.6 cm³/mol. The highest BCUT2D eigenvalue weighted by molar-refractivity contribution is 9.10. The average Bonchev–Trinajstić information content (AvgIpc) is 2.70. The summed E-state index contributed by atoms with van der Waals surface area (Å²) in [6.45, 7) is 3.35. The number of hydrogen-bond acceptors (Lipinski definition) is 2. The maximum absolute atomic E-state index is 11.9. The molecule has 0 bridgehead atoms. The highest BCUT2D eigenvalue weighted by atomic mass is 79.9. The number of benzene rings is 1. The lowest BCUT2D eigenvalue weighted by molar-refractivity contribution is 0.0929. The lowest BCUT2D eigenvalue weighted by Crippen LogP contribution is -2.35. The fourth-order valence-corrected chi connectivity index (χ4v) is 2.39. The van der Waals surface area contributed by atoms with Crippen LogP contribution in [0.25, 0.3) is 0 Å². The normalized spacial score (nSPS) is 19.8. The number of rotatable bonds is 2. The van der Waals surface area contributed by atoms with Gasteiger partial charge in [-0.2, -0.15) is 0 Å². The zero-order valence-electron chi connectivity index (χ0n) is 9.13. The molecule has 0 radical (unpaired) electrons. The summed E-state index contributed by atoms with van der Waals surface area (Å²) in [4.78, 5) is 11.9. The van der Waals surface area contributed by atoms with E-state index in [1.54, 1.807) is 0 Å². The number of carbonyl (C=O) groups excluding carboxylic acids is 1. The number of hydrogen-bond donors (Lipinski definition) is 1. The Morgan fingerprint density at radius 1 is 1.56 bits per heavy atom. The van der Waals surface area contributed by atoms with Gasteiger partial charge in [-0.15, -0.1) is 0 Å². The molecule has 0 spiro atoms. The maximum Gasteiger partial charge on any atom is 0.252 e. The molecule has 4 heteroatoms. The first-order chi connectivity index (χ1) is 7.66. The van der Waals surface area contributed by atoms with E-state index in [1.165, 1.54) is 0 Å². The molecule has 1 amide bonds. The summed E-state index contributed by atoms with van der Waals surface area (Å²) in [5.41, 5.74) is 1.81. The molecule has 1 fully saturated rings. The summed E-state index contributed by atoms with van der Waals surface area (Å²) in [6, 6.07) is 5.87. The SMILES string of the molecule is Cc1ccc(C(=O)NC2CCOC2)c(Br)c1. The standard InChI is InChI=1S/C12H14BrNO2/c1-8-2-3-10(11(13)6-8)12(15)14-9-4-5-16-7-9/h2-3,6,9H,4-5,7H2,1H3,(H,14,15). The summed E-state index contributed by atoms with van der Waals surface area (Å²) in [7, 11) is 0. The Hall–Kier alpha value is -0.870. The first-order valence-electron chi connectivity index (χ1n) is 5.31. The second-order valence-electron chi connectivity index (χ2n) is 4.02. The Bertz CT molecular complexity index is 400. The molecule has 0 aromatic heterocycles. The van der Waals surface area contributed by atoms with Crippen LogP contribution >= 0.6 is 15.9 Å². The molecule has 1 unspecified atom stereocenters. The van der Waals surface area contributed by atoms with Gasteiger partial charge in [0, 0.05) is 11.1 Å². The molecule has 1 saturated heterocycles. The number of aryl methyl sites for hydroxylation is 1. The van der Waals surface area contributed by atoms with Gasteiger partial charge in [-0.1, -0.05) is 6.07 Å². The van der Waals surface area contributed by atoms with Crippen molar-refractivity contribution >= 4 is 21.8 Å². The summed E-state index contributed by atoms with van der Waals surface area (Å²) < 4.78 is 6.05. The molecular formula is C12H14BrNO2. The van der Waals surface area contributed by atoms with Crippen LogP contribution in [0.5, 0.6) is 0 Å². The van der Waals surface area contributed by atoms with Gasteiger partial charge in [0.1, 0.15) is 0 Å². The van der Waals surface area contributed by atoms with Gasteiger partial charge in [0.2, 0.25) is 0 Å². The van der Waals surface area contributed by atoms with E-state index in [0.717, 1.165) is 23.1 Å². The van der Waals surface area contributed by atoms with E-state index in [2.05, 4.69) is 21.2 Å². The van der Waals surface area contributed by atoms with Crippen molar-refractivity contribution in [3.05, 3.63) is 33.8 Å². The van der Waals surface area contributed by atoms with Crippen LogP contribution in [0.2, 0.25) is 0 Å². The molecule has 1 aromatic rings. The molecule has 3 nitrogen and oxygen atoms in total. The molecule has 2 rings (SSSR count). The Labute approximate surface area is 103 Å². The van der Waals surface area contributed by atoms with Gasteiger partial charge < -0.3 is 10.1 Å². The van der Waals surface area contributed by atoms with Crippen LogP contribution in [0.1, 0.15) is 22.3 Å². The van der Waals surface area contributed by atoms with Crippen LogP contribution < -0.4 is 5.32 Å². The molecule has 1 aliphatic heterocycles. The number of halogens is 1. The largest absolute Gasteiger partial charge is 0.379 e. The lowest BCUT2D eigenvalue weighted by atomic mass is 10.1. The van der Waals surface area contributed by atoms with Crippen LogP contribution in [0, 0.1) is 6.92 Å². The van der Waals surface area contributed by atoms with Crippen LogP contribution in [0.15, 0.2) is 22.7 Å². The van der Waals surface area contributed by atoms with Gasteiger partial charge in [0.05, 0.1) is 18.2 Å². The van der Waals surface area contributed by atoms with E-state index in [-0.39, 0.29) is 11.9 Å². The first-order valence-corrected chi connectivity index (χ1v) is 6.11. The van der Waals surface area contributed by atoms with Crippen molar-refractivity contribution in [3.63, 3.8) is 0 Å². The maximum atomic E-state index is 11.9. The van der Waals surface area contributed by atoms with Crippen molar-refractivity contribution in [1.82, 2.24) is 5.32 Å². The third-order valence-electron chi connectivity index (χ3n) is 2.63. The highest BCUT2D eigenvalue weighted by Crippen LogP contribution is 2.18. The minimum absolute atomic E-state index is 0.0395. The van der Waals surface area contributed by atoms with Gasteiger partial charge in [-0.25, -0.2) is 0 Å². The Kier molecular flexibility index (Phi) is 3.61. The van der Waals surface area contributed by atoms with E-state index < -0.39 is 0 Å². The van der Waals surface area contributed by atoms with E-state index in [9.17, 15) is 4.79 Å². The number of amides is 1. The van der Waals surface area contributed by atoms with E-state index >= 15 is 0 Å². The summed E-state index contributed by atoms with van der Waals surface area (Å²) >= 11 is 3.41. The zero-order chi connectivity index (χ0) is 11.5. The van der Waals surface area contributed by atoms with E-state index in [4.69, 9.17) is 4.74 Å². The van der Waals surface area contributed by atoms with E-state index in [1.807, 2.05) is 25.1 Å². The third-order valence-corrected chi connectivity index (χ3v) is 3.29. The van der Waals surface area contributed by atoms with Crippen LogP contribution in [-0.2, 0) is 4.74 Å². The van der Waals surface area contributed by atoms with Crippen LogP contribution in [0.3, 0.4) is 0 Å². The van der Waals surface area contributed by atoms with Gasteiger partial charge in [-0.3, -0.25) is 4.79 Å². The number of ether oxygens (including phenoxy) is 1. The second kappa shape index (κ2) is 4.97. The van der Waals surface area contributed by atoms with E-state index in [0.29, 0.717) is 12.2 Å². The fourth-order valence-electron chi connectivity index (χ4n) is 1.72. The number of carbonyl (C=O) groups is 1. The minimum Gasteiger partial charge on any atom is -0.379 e. The summed E-state index contributed by atoms with van der Waals surface area (Å²) in [6.07, 6.45) is 0.898. The van der Waals surface area contributed by atoms with Crippen LogP contribution in [-0.4, -0.2) is 25.2 Å². The Morgan fingerprint density at radius 3 is 3.00 bits per heavy atom. The minimum atomic E-state index is -0.0395. The molecule has 86 valence electrons. The van der Waals surface area contributed by atoms with Gasteiger partial charge in [-0.05, 0) is 47.0 Å². The average molecular weight is 284 g/mol. The van der Waals surface area contributed by atoms with Crippen molar-refractivity contribution in [3.8, 4) is 0 Å². The predicted octanol–water partition coefficient (Wildman–Crippen LogP) is 2.28. The molecule has 0 saturated carbocycles.